The van der Waals surface area contributed by atoms with Crippen LogP contribution in [0.15, 0.2) is 31.9 Å². The Morgan fingerprint density at radius 1 is 1.39 bits per heavy atom. The van der Waals surface area contributed by atoms with Gasteiger partial charge in [-0.05, 0) is 47.1 Å². The maximum atomic E-state index is 4.12. The Labute approximate surface area is 124 Å². The van der Waals surface area contributed by atoms with Crippen molar-refractivity contribution < 1.29 is 0 Å². The highest BCUT2D eigenvalue weighted by Crippen LogP contribution is 2.35. The van der Waals surface area contributed by atoms with Gasteiger partial charge in [-0.2, -0.15) is 0 Å². The molecule has 0 aliphatic heterocycles. The van der Waals surface area contributed by atoms with E-state index in [0.29, 0.717) is 0 Å². The molecule has 0 saturated heterocycles. The highest BCUT2D eigenvalue weighted by Gasteiger charge is 2.07. The monoisotopic (exact) mass is 343 g/mol. The van der Waals surface area contributed by atoms with Crippen LogP contribution in [0.1, 0.15) is 17.5 Å². The van der Waals surface area contributed by atoms with Crippen molar-refractivity contribution in [3.8, 4) is 0 Å². The molecule has 0 saturated carbocycles. The molecule has 0 radical (unpaired) electrons. The van der Waals surface area contributed by atoms with Crippen molar-refractivity contribution in [2.24, 2.45) is 0 Å². The number of nitrogens with one attached hydrogen (secondary N) is 1. The summed E-state index contributed by atoms with van der Waals surface area (Å²) < 4.78 is 2.09. The molecular weight excluding hydrogens is 330 g/mol. The van der Waals surface area contributed by atoms with E-state index in [2.05, 4.69) is 56.6 Å². The molecule has 2 aromatic rings. The van der Waals surface area contributed by atoms with Crippen LogP contribution in [0, 0.1) is 6.92 Å². The van der Waals surface area contributed by atoms with Gasteiger partial charge in [-0.15, -0.1) is 10.2 Å². The van der Waals surface area contributed by atoms with Crippen molar-refractivity contribution in [1.82, 2.24) is 15.5 Å². The quantitative estimate of drug-likeness (QED) is 0.894. The zero-order valence-corrected chi connectivity index (χ0v) is 13.5. The number of hydrogen-bond acceptors (Lipinski definition) is 5. The zero-order chi connectivity index (χ0) is 13.0. The fraction of sp³-hybridized carbons (Fsp3) is 0.333. The van der Waals surface area contributed by atoms with Crippen LogP contribution in [0.5, 0.6) is 0 Å². The van der Waals surface area contributed by atoms with Crippen molar-refractivity contribution in [3.05, 3.63) is 33.2 Å². The average molecular weight is 344 g/mol. The molecule has 1 heterocycles. The second kappa shape index (κ2) is 6.65. The first kappa shape index (κ1) is 14.0. The van der Waals surface area contributed by atoms with E-state index in [1.54, 1.807) is 23.1 Å². The summed E-state index contributed by atoms with van der Waals surface area (Å²) in [5.41, 5.74) is 1.28. The number of benzene rings is 1. The lowest BCUT2D eigenvalue weighted by molar-refractivity contribution is 0.726. The predicted molar refractivity (Wildman–Crippen MR) is 80.3 cm³/mol. The topological polar surface area (TPSA) is 37.8 Å². The third-order valence-electron chi connectivity index (χ3n) is 2.28. The molecule has 0 unspecified atom stereocenters. The fourth-order valence-corrected chi connectivity index (χ4v) is 3.87. The van der Waals surface area contributed by atoms with Gasteiger partial charge < -0.3 is 5.32 Å². The van der Waals surface area contributed by atoms with E-state index in [0.717, 1.165) is 26.9 Å². The number of nitrogens with zero attached hydrogens (tertiary/aromatic N) is 2. The summed E-state index contributed by atoms with van der Waals surface area (Å²) in [6.45, 7) is 5.96. The van der Waals surface area contributed by atoms with E-state index < -0.39 is 0 Å². The first-order chi connectivity index (χ1) is 8.69. The molecule has 3 nitrogen and oxygen atoms in total. The van der Waals surface area contributed by atoms with Crippen LogP contribution in [-0.4, -0.2) is 16.7 Å². The third-order valence-corrected chi connectivity index (χ3v) is 5.16. The van der Waals surface area contributed by atoms with E-state index in [1.807, 2.05) is 6.92 Å². The molecule has 0 fully saturated rings. The summed E-state index contributed by atoms with van der Waals surface area (Å²) in [4.78, 5) is 1.17. The number of halogens is 1. The molecule has 1 aromatic heterocycles. The molecular formula is C12H14BrN3S2. The van der Waals surface area contributed by atoms with Crippen molar-refractivity contribution in [2.75, 3.05) is 6.54 Å². The lowest BCUT2D eigenvalue weighted by Crippen LogP contribution is -2.11. The Hall–Kier alpha value is -0.430. The summed E-state index contributed by atoms with van der Waals surface area (Å²) >= 11 is 6.87. The Bertz CT molecular complexity index is 528. The number of hydrogen-bond donors (Lipinski definition) is 1. The number of rotatable bonds is 5. The summed E-state index contributed by atoms with van der Waals surface area (Å²) in [6, 6.07) is 6.42. The predicted octanol–water partition coefficient (Wildman–Crippen LogP) is 3.87. The van der Waals surface area contributed by atoms with E-state index in [4.69, 9.17) is 0 Å². The Morgan fingerprint density at radius 3 is 2.83 bits per heavy atom. The standard InChI is InChI=1S/C12H14BrN3S2/c1-3-14-7-9-4-5-11(10(13)6-9)18-12-16-15-8(2)17-12/h4-6,14H,3,7H2,1-2H3. The summed E-state index contributed by atoms with van der Waals surface area (Å²) in [5.74, 6) is 0. The first-order valence-corrected chi connectivity index (χ1v) is 8.08. The van der Waals surface area contributed by atoms with Crippen LogP contribution in [0.25, 0.3) is 0 Å². The van der Waals surface area contributed by atoms with Gasteiger partial charge >= 0.3 is 0 Å². The second-order valence-electron chi connectivity index (χ2n) is 3.73. The molecule has 1 N–H and O–H groups in total. The molecule has 2 rings (SSSR count). The van der Waals surface area contributed by atoms with Crippen LogP contribution in [0.2, 0.25) is 0 Å². The molecule has 0 amide bonds. The molecule has 0 bridgehead atoms. The highest BCUT2D eigenvalue weighted by molar-refractivity contribution is 9.10. The molecule has 18 heavy (non-hydrogen) atoms. The number of aromatic nitrogens is 2. The lowest BCUT2D eigenvalue weighted by atomic mass is 10.2. The van der Waals surface area contributed by atoms with Crippen LogP contribution >= 0.6 is 39.0 Å². The smallest absolute Gasteiger partial charge is 0.179 e. The van der Waals surface area contributed by atoms with Gasteiger partial charge in [0.05, 0.1) is 0 Å². The first-order valence-electron chi connectivity index (χ1n) is 5.66. The Morgan fingerprint density at radius 2 is 2.22 bits per heavy atom. The minimum atomic E-state index is 0.901. The van der Waals surface area contributed by atoms with Crippen molar-refractivity contribution >= 4 is 39.0 Å². The normalized spacial score (nSPS) is 10.8. The summed E-state index contributed by atoms with van der Waals surface area (Å²) in [7, 11) is 0. The molecule has 0 aliphatic rings. The molecule has 1 aromatic carbocycles. The van der Waals surface area contributed by atoms with Crippen LogP contribution in [0.3, 0.4) is 0 Å². The Balaban J connectivity index is 2.09. The van der Waals surface area contributed by atoms with Gasteiger partial charge in [-0.1, -0.05) is 36.1 Å². The minimum Gasteiger partial charge on any atom is -0.313 e. The minimum absolute atomic E-state index is 0.901. The maximum Gasteiger partial charge on any atom is 0.179 e. The van der Waals surface area contributed by atoms with Gasteiger partial charge in [0.25, 0.3) is 0 Å². The zero-order valence-electron chi connectivity index (χ0n) is 10.2. The van der Waals surface area contributed by atoms with Gasteiger partial charge in [-0.25, -0.2) is 0 Å². The van der Waals surface area contributed by atoms with E-state index in [1.165, 1.54) is 10.5 Å². The maximum absolute atomic E-state index is 4.12. The average Bonchev–Trinajstić information content (AvgIpc) is 2.75. The van der Waals surface area contributed by atoms with E-state index in [-0.39, 0.29) is 0 Å². The second-order valence-corrected chi connectivity index (χ2v) is 7.06. The largest absolute Gasteiger partial charge is 0.313 e. The van der Waals surface area contributed by atoms with Crippen molar-refractivity contribution in [2.45, 2.75) is 29.6 Å². The molecule has 0 spiro atoms. The van der Waals surface area contributed by atoms with Gasteiger partial charge in [0, 0.05) is 15.9 Å². The fourth-order valence-electron chi connectivity index (χ4n) is 1.42. The number of aryl methyl sites for hydroxylation is 1. The van der Waals surface area contributed by atoms with Gasteiger partial charge in [0.15, 0.2) is 4.34 Å². The Kier molecular flexibility index (Phi) is 5.17. The molecule has 0 atom stereocenters. The summed E-state index contributed by atoms with van der Waals surface area (Å²) in [6.07, 6.45) is 0. The van der Waals surface area contributed by atoms with Crippen LogP contribution in [-0.2, 0) is 6.54 Å². The third kappa shape index (κ3) is 3.78. The highest BCUT2D eigenvalue weighted by atomic mass is 79.9. The van der Waals surface area contributed by atoms with E-state index >= 15 is 0 Å². The van der Waals surface area contributed by atoms with Gasteiger partial charge in [-0.3, -0.25) is 0 Å². The van der Waals surface area contributed by atoms with Crippen LogP contribution < -0.4 is 5.32 Å². The lowest BCUT2D eigenvalue weighted by Gasteiger charge is -2.06. The van der Waals surface area contributed by atoms with Crippen LogP contribution in [0.4, 0.5) is 0 Å². The molecule has 96 valence electrons. The van der Waals surface area contributed by atoms with Crippen molar-refractivity contribution in [1.29, 1.82) is 0 Å². The molecule has 0 aliphatic carbocycles. The van der Waals surface area contributed by atoms with E-state index in [9.17, 15) is 0 Å². The summed E-state index contributed by atoms with van der Waals surface area (Å²) in [5, 5.41) is 12.5. The van der Waals surface area contributed by atoms with Gasteiger partial charge in [0.2, 0.25) is 0 Å². The van der Waals surface area contributed by atoms with Crippen molar-refractivity contribution in [3.63, 3.8) is 0 Å². The molecule has 6 heteroatoms. The van der Waals surface area contributed by atoms with Gasteiger partial charge in [0.1, 0.15) is 5.01 Å². The SMILES string of the molecule is CCNCc1ccc(Sc2nnc(C)s2)c(Br)c1.